The fourth-order valence-electron chi connectivity index (χ4n) is 5.51. The van der Waals surface area contributed by atoms with Crippen molar-refractivity contribution in [3.8, 4) is 11.1 Å². The molecule has 2 heterocycles. The van der Waals surface area contributed by atoms with E-state index in [1.54, 1.807) is 24.7 Å². The van der Waals surface area contributed by atoms with Gasteiger partial charge in [0.05, 0.1) is 23.7 Å². The summed E-state index contributed by atoms with van der Waals surface area (Å²) in [6, 6.07) is 10.6. The molecule has 0 radical (unpaired) electrons. The molecule has 35 heavy (non-hydrogen) atoms. The molecule has 0 aliphatic heterocycles. The van der Waals surface area contributed by atoms with E-state index in [-0.39, 0.29) is 23.9 Å². The second kappa shape index (κ2) is 10.3. The van der Waals surface area contributed by atoms with Crippen LogP contribution in [0.3, 0.4) is 0 Å². The van der Waals surface area contributed by atoms with Crippen molar-refractivity contribution in [2.45, 2.75) is 44.6 Å². The first-order valence-electron chi connectivity index (χ1n) is 12.2. The number of carbonyl (C=O) groups excluding carboxylic acids is 1. The standard InChI is InChI=1S/C28H29FN4O2/c1-2-35-28(34)33-23-9-10-24-20(15-23)16-26-27(31-13-12-30-26)25(24)11-8-22-7-6-19(17-32-22)18-4-3-5-21(29)14-18/h3-8,11-14,17,20,23-25H,2,9-10,15-16H2,1H3,(H,33,34)/b11-8+/t20-,23+,24+,25-/m0/s1. The highest BCUT2D eigenvalue weighted by Gasteiger charge is 2.41. The van der Waals surface area contributed by atoms with Crippen LogP contribution in [0.5, 0.6) is 0 Å². The zero-order chi connectivity index (χ0) is 24.2. The van der Waals surface area contributed by atoms with Gasteiger partial charge in [-0.2, -0.15) is 0 Å². The molecule has 1 N–H and O–H groups in total. The van der Waals surface area contributed by atoms with Crippen LogP contribution in [0.15, 0.2) is 61.1 Å². The van der Waals surface area contributed by atoms with Crippen LogP contribution in [0.2, 0.25) is 0 Å². The van der Waals surface area contributed by atoms with Gasteiger partial charge in [0.2, 0.25) is 0 Å². The number of aromatic nitrogens is 3. The Hall–Kier alpha value is -3.61. The number of hydrogen-bond donors (Lipinski definition) is 1. The molecule has 0 bridgehead atoms. The molecular weight excluding hydrogens is 443 g/mol. The maximum atomic E-state index is 13.6. The van der Waals surface area contributed by atoms with E-state index in [0.717, 1.165) is 53.9 Å². The van der Waals surface area contributed by atoms with Gasteiger partial charge in [-0.25, -0.2) is 9.18 Å². The number of alkyl carbamates (subject to hydrolysis) is 1. The Kier molecular flexibility index (Phi) is 6.84. The number of nitrogens with one attached hydrogen (secondary N) is 1. The Balaban J connectivity index is 1.34. The number of pyridine rings is 1. The van der Waals surface area contributed by atoms with Gasteiger partial charge in [-0.1, -0.05) is 24.3 Å². The Morgan fingerprint density at radius 3 is 2.83 bits per heavy atom. The molecule has 2 aliphatic carbocycles. The molecule has 0 spiro atoms. The summed E-state index contributed by atoms with van der Waals surface area (Å²) >= 11 is 0. The maximum Gasteiger partial charge on any atom is 0.407 e. The van der Waals surface area contributed by atoms with Crippen molar-refractivity contribution in [3.63, 3.8) is 0 Å². The lowest BCUT2D eigenvalue weighted by molar-refractivity contribution is 0.128. The molecule has 4 atom stereocenters. The quantitative estimate of drug-likeness (QED) is 0.526. The monoisotopic (exact) mass is 472 g/mol. The lowest BCUT2D eigenvalue weighted by Crippen LogP contribution is -2.44. The minimum absolute atomic E-state index is 0.121. The highest BCUT2D eigenvalue weighted by atomic mass is 19.1. The van der Waals surface area contributed by atoms with Crippen LogP contribution in [0.1, 0.15) is 49.2 Å². The van der Waals surface area contributed by atoms with E-state index in [2.05, 4.69) is 21.4 Å². The van der Waals surface area contributed by atoms with Crippen LogP contribution in [0.25, 0.3) is 17.2 Å². The average Bonchev–Trinajstić information content (AvgIpc) is 2.87. The van der Waals surface area contributed by atoms with Gasteiger partial charge in [0.15, 0.2) is 0 Å². The van der Waals surface area contributed by atoms with E-state index in [0.29, 0.717) is 18.4 Å². The molecule has 0 unspecified atom stereocenters. The Labute approximate surface area is 204 Å². The molecular formula is C28H29FN4O2. The van der Waals surface area contributed by atoms with Crippen molar-refractivity contribution in [2.24, 2.45) is 11.8 Å². The van der Waals surface area contributed by atoms with E-state index >= 15 is 0 Å². The van der Waals surface area contributed by atoms with Crippen LogP contribution in [0, 0.1) is 17.7 Å². The Morgan fingerprint density at radius 2 is 2.03 bits per heavy atom. The van der Waals surface area contributed by atoms with E-state index in [4.69, 9.17) is 9.72 Å². The van der Waals surface area contributed by atoms with E-state index in [9.17, 15) is 9.18 Å². The number of benzene rings is 1. The summed E-state index contributed by atoms with van der Waals surface area (Å²) in [5, 5.41) is 3.02. The normalized spacial score (nSPS) is 23.4. The summed E-state index contributed by atoms with van der Waals surface area (Å²) in [5.41, 5.74) is 4.60. The van der Waals surface area contributed by atoms with Gasteiger partial charge in [-0.3, -0.25) is 15.0 Å². The van der Waals surface area contributed by atoms with Gasteiger partial charge >= 0.3 is 6.09 Å². The van der Waals surface area contributed by atoms with Crippen LogP contribution in [-0.4, -0.2) is 33.7 Å². The summed E-state index contributed by atoms with van der Waals surface area (Å²) in [4.78, 5) is 25.8. The molecule has 1 fully saturated rings. The van der Waals surface area contributed by atoms with Crippen molar-refractivity contribution >= 4 is 12.2 Å². The molecule has 2 aliphatic rings. The van der Waals surface area contributed by atoms with E-state index in [1.807, 2.05) is 31.2 Å². The summed E-state index contributed by atoms with van der Waals surface area (Å²) in [6.45, 7) is 2.19. The molecule has 1 saturated carbocycles. The van der Waals surface area contributed by atoms with Gasteiger partial charge in [-0.15, -0.1) is 0 Å². The van der Waals surface area contributed by atoms with Crippen molar-refractivity contribution in [2.75, 3.05) is 6.61 Å². The molecule has 180 valence electrons. The molecule has 2 aromatic heterocycles. The molecule has 1 amide bonds. The third-order valence-electron chi connectivity index (χ3n) is 7.10. The fourth-order valence-corrected chi connectivity index (χ4v) is 5.51. The number of ether oxygens (including phenoxy) is 1. The first-order valence-corrected chi connectivity index (χ1v) is 12.2. The van der Waals surface area contributed by atoms with Gasteiger partial charge < -0.3 is 10.1 Å². The number of rotatable bonds is 5. The van der Waals surface area contributed by atoms with Crippen LogP contribution in [0.4, 0.5) is 9.18 Å². The number of amides is 1. The first kappa shape index (κ1) is 23.1. The van der Waals surface area contributed by atoms with Gasteiger partial charge in [0.25, 0.3) is 0 Å². The smallest absolute Gasteiger partial charge is 0.407 e. The summed E-state index contributed by atoms with van der Waals surface area (Å²) < 4.78 is 18.6. The number of hydrogen-bond acceptors (Lipinski definition) is 5. The SMILES string of the molecule is CCOC(=O)N[C@@H]1CC[C@@H]2[C@H](Cc3nccnc3[C@H]2/C=C/c2ccc(-c3cccc(F)c3)cn2)C1. The minimum atomic E-state index is -0.337. The van der Waals surface area contributed by atoms with Crippen molar-refractivity contribution < 1.29 is 13.9 Å². The predicted molar refractivity (Wildman–Crippen MR) is 132 cm³/mol. The number of halogens is 1. The molecule has 0 saturated heterocycles. The van der Waals surface area contributed by atoms with Gasteiger partial charge in [0.1, 0.15) is 5.82 Å². The molecule has 6 nitrogen and oxygen atoms in total. The molecule has 3 aromatic rings. The van der Waals surface area contributed by atoms with Gasteiger partial charge in [0, 0.05) is 36.1 Å². The minimum Gasteiger partial charge on any atom is -0.450 e. The molecule has 1 aromatic carbocycles. The third-order valence-corrected chi connectivity index (χ3v) is 7.10. The zero-order valence-corrected chi connectivity index (χ0v) is 19.7. The average molecular weight is 473 g/mol. The maximum absolute atomic E-state index is 13.6. The lowest BCUT2D eigenvalue weighted by atomic mass is 9.64. The summed E-state index contributed by atoms with van der Waals surface area (Å²) in [7, 11) is 0. The first-order chi connectivity index (χ1) is 17.1. The number of carbonyl (C=O) groups is 1. The number of nitrogens with zero attached hydrogens (tertiary/aromatic N) is 3. The number of fused-ring (bicyclic) bond motifs is 2. The highest BCUT2D eigenvalue weighted by Crippen LogP contribution is 2.46. The topological polar surface area (TPSA) is 77.0 Å². The summed E-state index contributed by atoms with van der Waals surface area (Å²) in [5.74, 6) is 0.732. The largest absolute Gasteiger partial charge is 0.450 e. The van der Waals surface area contributed by atoms with Gasteiger partial charge in [-0.05, 0) is 74.3 Å². The lowest BCUT2D eigenvalue weighted by Gasteiger charge is -2.43. The van der Waals surface area contributed by atoms with Crippen LogP contribution >= 0.6 is 0 Å². The van der Waals surface area contributed by atoms with Crippen molar-refractivity contribution in [1.29, 1.82) is 0 Å². The second-order valence-corrected chi connectivity index (χ2v) is 9.26. The predicted octanol–water partition coefficient (Wildman–Crippen LogP) is 5.56. The van der Waals surface area contributed by atoms with Crippen molar-refractivity contribution in [3.05, 3.63) is 84.0 Å². The summed E-state index contributed by atoms with van der Waals surface area (Å²) in [6.07, 6.45) is 12.9. The van der Waals surface area contributed by atoms with Crippen LogP contribution in [-0.2, 0) is 11.2 Å². The number of allylic oxidation sites excluding steroid dienone is 1. The van der Waals surface area contributed by atoms with Crippen LogP contribution < -0.4 is 5.32 Å². The van der Waals surface area contributed by atoms with E-state index < -0.39 is 0 Å². The molecule has 7 heteroatoms. The van der Waals surface area contributed by atoms with E-state index in [1.165, 1.54) is 12.1 Å². The molecule has 5 rings (SSSR count). The Morgan fingerprint density at radius 1 is 1.14 bits per heavy atom. The van der Waals surface area contributed by atoms with Crippen molar-refractivity contribution in [1.82, 2.24) is 20.3 Å². The second-order valence-electron chi connectivity index (χ2n) is 9.26. The highest BCUT2D eigenvalue weighted by molar-refractivity contribution is 5.67. The zero-order valence-electron chi connectivity index (χ0n) is 19.7. The third kappa shape index (κ3) is 5.24. The fraction of sp³-hybridized carbons (Fsp3) is 0.357. The Bertz CT molecular complexity index is 1210.